The minimum absolute atomic E-state index is 0. The van der Waals surface area contributed by atoms with Crippen LogP contribution in [-0.4, -0.2) is 44.6 Å². The van der Waals surface area contributed by atoms with E-state index in [0.717, 1.165) is 32.5 Å². The lowest BCUT2D eigenvalue weighted by Gasteiger charge is -2.09. The van der Waals surface area contributed by atoms with Gasteiger partial charge in [0.25, 0.3) is 0 Å². The predicted molar refractivity (Wildman–Crippen MR) is 82.5 cm³/mol. The summed E-state index contributed by atoms with van der Waals surface area (Å²) < 4.78 is 0. The Morgan fingerprint density at radius 1 is 1.38 bits per heavy atom. The van der Waals surface area contributed by atoms with Gasteiger partial charge in [0, 0.05) is 13.1 Å². The molecule has 0 aromatic carbocycles. The van der Waals surface area contributed by atoms with Crippen LogP contribution in [0.4, 0.5) is 0 Å². The first-order chi connectivity index (χ1) is 7.02. The molecule has 5 heteroatoms. The van der Waals surface area contributed by atoms with Crippen LogP contribution >= 0.6 is 24.0 Å². The van der Waals surface area contributed by atoms with Crippen LogP contribution in [0.25, 0.3) is 0 Å². The predicted octanol–water partition coefficient (Wildman–Crippen LogP) is 1.51. The number of guanidine groups is 1. The molecule has 98 valence electrons. The molecule has 4 nitrogen and oxygen atoms in total. The Kier molecular flexibility index (Phi) is 13.1. The quantitative estimate of drug-likeness (QED) is 0.319. The number of nitrogens with two attached hydrogens (primary N) is 1. The monoisotopic (exact) mass is 342 g/mol. The number of hydrogen-bond acceptors (Lipinski definition) is 2. The van der Waals surface area contributed by atoms with Gasteiger partial charge < -0.3 is 16.0 Å². The van der Waals surface area contributed by atoms with E-state index in [1.807, 2.05) is 0 Å². The first kappa shape index (κ1) is 18.3. The van der Waals surface area contributed by atoms with Crippen molar-refractivity contribution < 1.29 is 0 Å². The Hall–Kier alpha value is -0.0400. The van der Waals surface area contributed by atoms with Crippen LogP contribution in [0.1, 0.15) is 26.7 Å². The number of nitrogens with one attached hydrogen (secondary N) is 1. The van der Waals surface area contributed by atoms with E-state index in [-0.39, 0.29) is 24.0 Å². The fourth-order valence-corrected chi connectivity index (χ4v) is 1.13. The maximum atomic E-state index is 5.70. The third-order valence-electron chi connectivity index (χ3n) is 2.07. The maximum absolute atomic E-state index is 5.70. The van der Waals surface area contributed by atoms with Crippen molar-refractivity contribution in [3.05, 3.63) is 0 Å². The summed E-state index contributed by atoms with van der Waals surface area (Å²) >= 11 is 0. The largest absolute Gasteiger partial charge is 0.370 e. The summed E-state index contributed by atoms with van der Waals surface area (Å²) in [6.45, 7) is 7.18. The topological polar surface area (TPSA) is 53.6 Å². The lowest BCUT2D eigenvalue weighted by Crippen LogP contribution is -2.33. The van der Waals surface area contributed by atoms with Gasteiger partial charge in [-0.25, -0.2) is 0 Å². The standard InChI is InChI=1S/C11H26N4.HI/c1-10(2)6-8-14-11(12)13-7-5-9-15(3)4;/h10H,5-9H2,1-4H3,(H3,12,13,14);1H. The molecule has 0 rings (SSSR count). The lowest BCUT2D eigenvalue weighted by atomic mass is 10.1. The zero-order valence-electron chi connectivity index (χ0n) is 11.0. The van der Waals surface area contributed by atoms with Crippen molar-refractivity contribution in [2.75, 3.05) is 33.7 Å². The smallest absolute Gasteiger partial charge is 0.188 e. The van der Waals surface area contributed by atoms with Crippen molar-refractivity contribution in [1.29, 1.82) is 0 Å². The van der Waals surface area contributed by atoms with E-state index in [2.05, 4.69) is 43.2 Å². The van der Waals surface area contributed by atoms with Gasteiger partial charge in [-0.15, -0.1) is 24.0 Å². The van der Waals surface area contributed by atoms with Gasteiger partial charge in [0.05, 0.1) is 0 Å². The second-order valence-electron chi connectivity index (χ2n) is 4.53. The average Bonchev–Trinajstić information content (AvgIpc) is 2.11. The van der Waals surface area contributed by atoms with Gasteiger partial charge in [0.15, 0.2) is 5.96 Å². The molecule has 0 aliphatic rings. The lowest BCUT2D eigenvalue weighted by molar-refractivity contribution is 0.403. The van der Waals surface area contributed by atoms with Crippen LogP contribution in [-0.2, 0) is 0 Å². The van der Waals surface area contributed by atoms with Crippen LogP contribution in [0.5, 0.6) is 0 Å². The summed E-state index contributed by atoms with van der Waals surface area (Å²) in [6, 6.07) is 0. The number of aliphatic imine (C=N–C) groups is 1. The summed E-state index contributed by atoms with van der Waals surface area (Å²) in [5.74, 6) is 1.29. The summed E-state index contributed by atoms with van der Waals surface area (Å²) in [5.41, 5.74) is 5.70. The molecule has 0 aromatic heterocycles. The van der Waals surface area contributed by atoms with E-state index in [1.165, 1.54) is 0 Å². The van der Waals surface area contributed by atoms with E-state index in [9.17, 15) is 0 Å². The molecule has 0 aromatic rings. The van der Waals surface area contributed by atoms with Crippen molar-refractivity contribution >= 4 is 29.9 Å². The summed E-state index contributed by atoms with van der Waals surface area (Å²) in [4.78, 5) is 6.40. The van der Waals surface area contributed by atoms with E-state index < -0.39 is 0 Å². The molecular weight excluding hydrogens is 315 g/mol. The second-order valence-corrected chi connectivity index (χ2v) is 4.53. The number of rotatable bonds is 7. The normalized spacial score (nSPS) is 11.8. The van der Waals surface area contributed by atoms with Crippen molar-refractivity contribution in [3.8, 4) is 0 Å². The zero-order chi connectivity index (χ0) is 11.7. The Bertz CT molecular complexity index is 181. The highest BCUT2D eigenvalue weighted by Gasteiger charge is 1.95. The minimum Gasteiger partial charge on any atom is -0.370 e. The Labute approximate surface area is 117 Å². The van der Waals surface area contributed by atoms with E-state index in [0.29, 0.717) is 11.9 Å². The molecule has 0 aliphatic carbocycles. The molecule has 0 heterocycles. The molecule has 16 heavy (non-hydrogen) atoms. The van der Waals surface area contributed by atoms with E-state index in [1.54, 1.807) is 0 Å². The van der Waals surface area contributed by atoms with Crippen LogP contribution < -0.4 is 11.1 Å². The van der Waals surface area contributed by atoms with Crippen LogP contribution in [0.15, 0.2) is 4.99 Å². The molecular formula is C11H27IN4. The highest BCUT2D eigenvalue weighted by molar-refractivity contribution is 14.0. The highest BCUT2D eigenvalue weighted by Crippen LogP contribution is 1.95. The van der Waals surface area contributed by atoms with Crippen molar-refractivity contribution in [2.24, 2.45) is 16.6 Å². The van der Waals surface area contributed by atoms with Gasteiger partial charge >= 0.3 is 0 Å². The van der Waals surface area contributed by atoms with E-state index in [4.69, 9.17) is 5.73 Å². The third-order valence-corrected chi connectivity index (χ3v) is 2.07. The van der Waals surface area contributed by atoms with Crippen molar-refractivity contribution in [2.45, 2.75) is 26.7 Å². The van der Waals surface area contributed by atoms with Gasteiger partial charge in [-0.05, 0) is 39.4 Å². The van der Waals surface area contributed by atoms with Gasteiger partial charge in [-0.2, -0.15) is 0 Å². The molecule has 0 atom stereocenters. The summed E-state index contributed by atoms with van der Waals surface area (Å²) in [6.07, 6.45) is 2.19. The maximum Gasteiger partial charge on any atom is 0.188 e. The minimum atomic E-state index is 0. The van der Waals surface area contributed by atoms with Gasteiger partial charge in [0.2, 0.25) is 0 Å². The summed E-state index contributed by atoms with van der Waals surface area (Å²) in [7, 11) is 4.13. The van der Waals surface area contributed by atoms with Gasteiger partial charge in [-0.3, -0.25) is 4.99 Å². The van der Waals surface area contributed by atoms with Crippen molar-refractivity contribution in [1.82, 2.24) is 10.2 Å². The molecule has 0 spiro atoms. The average molecular weight is 342 g/mol. The third kappa shape index (κ3) is 14.0. The molecule has 0 aliphatic heterocycles. The highest BCUT2D eigenvalue weighted by atomic mass is 127. The molecule has 0 saturated carbocycles. The molecule has 0 radical (unpaired) electrons. The van der Waals surface area contributed by atoms with Crippen LogP contribution in [0, 0.1) is 5.92 Å². The number of nitrogens with zero attached hydrogens (tertiary/aromatic N) is 2. The first-order valence-electron chi connectivity index (χ1n) is 5.71. The SMILES string of the molecule is CC(C)CCNC(N)=NCCCN(C)C.I. The molecule has 0 amide bonds. The molecule has 0 bridgehead atoms. The van der Waals surface area contributed by atoms with Gasteiger partial charge in [-0.1, -0.05) is 13.8 Å². The van der Waals surface area contributed by atoms with Crippen LogP contribution in [0.2, 0.25) is 0 Å². The number of hydrogen-bond donors (Lipinski definition) is 2. The molecule has 3 N–H and O–H groups in total. The second kappa shape index (κ2) is 11.4. The Morgan fingerprint density at radius 3 is 2.50 bits per heavy atom. The van der Waals surface area contributed by atoms with E-state index >= 15 is 0 Å². The fraction of sp³-hybridized carbons (Fsp3) is 0.909. The van der Waals surface area contributed by atoms with Gasteiger partial charge in [0.1, 0.15) is 0 Å². The van der Waals surface area contributed by atoms with Crippen LogP contribution in [0.3, 0.4) is 0 Å². The first-order valence-corrected chi connectivity index (χ1v) is 5.71. The zero-order valence-corrected chi connectivity index (χ0v) is 13.3. The molecule has 0 fully saturated rings. The van der Waals surface area contributed by atoms with Crippen molar-refractivity contribution in [3.63, 3.8) is 0 Å². The molecule has 0 unspecified atom stereocenters. The Balaban J connectivity index is 0. The Morgan fingerprint density at radius 2 is 2.00 bits per heavy atom. The molecule has 0 saturated heterocycles. The summed E-state index contributed by atoms with van der Waals surface area (Å²) in [5, 5.41) is 3.12. The number of halogens is 1. The fourth-order valence-electron chi connectivity index (χ4n) is 1.13.